The Kier molecular flexibility index (Phi) is 4.27. The van der Waals surface area contributed by atoms with E-state index in [0.29, 0.717) is 12.2 Å². The monoisotopic (exact) mass is 341 g/mol. The van der Waals surface area contributed by atoms with E-state index in [-0.39, 0.29) is 12.8 Å². The maximum Gasteiger partial charge on any atom is 0.231 e. The minimum Gasteiger partial charge on any atom is -0.492 e. The molecule has 0 aliphatic carbocycles. The lowest BCUT2D eigenvalue weighted by molar-refractivity contribution is 0.107. The van der Waals surface area contributed by atoms with E-state index in [1.54, 1.807) is 7.11 Å². The molecule has 2 atom stereocenters. The van der Waals surface area contributed by atoms with Crippen molar-refractivity contribution in [2.75, 3.05) is 27.5 Å². The van der Waals surface area contributed by atoms with Crippen molar-refractivity contribution in [1.29, 1.82) is 0 Å². The van der Waals surface area contributed by atoms with Crippen molar-refractivity contribution in [3.05, 3.63) is 53.1 Å². The summed E-state index contributed by atoms with van der Waals surface area (Å²) in [5.41, 5.74) is 3.25. The first kappa shape index (κ1) is 16.2. The van der Waals surface area contributed by atoms with E-state index in [0.717, 1.165) is 35.6 Å². The number of fused-ring (bicyclic) bond motifs is 2. The van der Waals surface area contributed by atoms with Crippen LogP contribution in [-0.2, 0) is 6.42 Å². The van der Waals surface area contributed by atoms with Crippen LogP contribution in [0.3, 0.4) is 0 Å². The number of benzene rings is 2. The van der Waals surface area contributed by atoms with E-state index < -0.39 is 6.10 Å². The number of aliphatic hydroxyl groups is 1. The summed E-state index contributed by atoms with van der Waals surface area (Å²) in [6, 6.07) is 11.9. The predicted octanol–water partition coefficient (Wildman–Crippen LogP) is 3.08. The zero-order valence-electron chi connectivity index (χ0n) is 14.6. The van der Waals surface area contributed by atoms with Gasteiger partial charge in [0, 0.05) is 18.2 Å². The Bertz CT molecular complexity index is 762. The summed E-state index contributed by atoms with van der Waals surface area (Å²) in [5, 5.41) is 10.7. The van der Waals surface area contributed by atoms with Crippen molar-refractivity contribution in [1.82, 2.24) is 4.90 Å². The molecule has 0 saturated carbocycles. The third-order valence-corrected chi connectivity index (χ3v) is 5.18. The Morgan fingerprint density at radius 2 is 2.08 bits per heavy atom. The smallest absolute Gasteiger partial charge is 0.231 e. The summed E-state index contributed by atoms with van der Waals surface area (Å²) in [6.07, 6.45) is 0.995. The molecule has 5 heteroatoms. The van der Waals surface area contributed by atoms with Crippen LogP contribution in [0.25, 0.3) is 0 Å². The van der Waals surface area contributed by atoms with Crippen LogP contribution in [-0.4, -0.2) is 37.5 Å². The highest BCUT2D eigenvalue weighted by Crippen LogP contribution is 2.50. The number of rotatable bonds is 4. The quantitative estimate of drug-likeness (QED) is 0.926. The molecule has 0 unspecified atom stereocenters. The van der Waals surface area contributed by atoms with Gasteiger partial charge in [0.2, 0.25) is 12.5 Å². The molecular formula is C20H23NO4. The summed E-state index contributed by atoms with van der Waals surface area (Å²) in [6.45, 7) is 1.16. The van der Waals surface area contributed by atoms with Gasteiger partial charge in [-0.05, 0) is 37.1 Å². The Hall–Kier alpha value is -2.24. The molecule has 0 amide bonds. The average Bonchev–Trinajstić information content (AvgIpc) is 3.11. The third-order valence-electron chi connectivity index (χ3n) is 5.18. The lowest BCUT2D eigenvalue weighted by Crippen LogP contribution is -2.33. The molecule has 2 aliphatic rings. The van der Waals surface area contributed by atoms with Gasteiger partial charge >= 0.3 is 0 Å². The minimum absolute atomic E-state index is 0.0587. The largest absolute Gasteiger partial charge is 0.492 e. The highest BCUT2D eigenvalue weighted by atomic mass is 16.7. The summed E-state index contributed by atoms with van der Waals surface area (Å²) in [4.78, 5) is 2.28. The van der Waals surface area contributed by atoms with Crippen molar-refractivity contribution < 1.29 is 19.3 Å². The molecule has 1 N–H and O–H groups in total. The van der Waals surface area contributed by atoms with E-state index in [1.165, 1.54) is 5.56 Å². The lowest BCUT2D eigenvalue weighted by atomic mass is 9.87. The van der Waals surface area contributed by atoms with Gasteiger partial charge in [-0.25, -0.2) is 0 Å². The van der Waals surface area contributed by atoms with Gasteiger partial charge in [0.05, 0.1) is 13.2 Å². The molecule has 132 valence electrons. The van der Waals surface area contributed by atoms with Gasteiger partial charge in [-0.1, -0.05) is 30.3 Å². The zero-order chi connectivity index (χ0) is 17.4. The van der Waals surface area contributed by atoms with Crippen molar-refractivity contribution in [3.63, 3.8) is 0 Å². The standard InChI is InChI=1S/C20H23NO4/c1-21-9-8-14-10-17-19(25-12-24-17)20(23-2)18(14)15(21)11-16(22)13-6-4-3-5-7-13/h3-7,10,15-16,22H,8-9,11-12H2,1-2H3/t15-,16-/m0/s1. The number of hydrogen-bond donors (Lipinski definition) is 1. The summed E-state index contributed by atoms with van der Waals surface area (Å²) >= 11 is 0. The van der Waals surface area contributed by atoms with Crippen LogP contribution in [0.1, 0.15) is 35.3 Å². The average molecular weight is 341 g/mol. The van der Waals surface area contributed by atoms with Crippen molar-refractivity contribution >= 4 is 0 Å². The van der Waals surface area contributed by atoms with Crippen LogP contribution in [0.15, 0.2) is 36.4 Å². The normalized spacial score (nSPS) is 20.2. The first-order valence-corrected chi connectivity index (χ1v) is 8.61. The zero-order valence-corrected chi connectivity index (χ0v) is 14.6. The molecule has 2 aromatic carbocycles. The summed E-state index contributed by atoms with van der Waals surface area (Å²) in [5.74, 6) is 2.17. The van der Waals surface area contributed by atoms with Gasteiger partial charge in [0.25, 0.3) is 0 Å². The highest BCUT2D eigenvalue weighted by Gasteiger charge is 2.35. The first-order valence-electron chi connectivity index (χ1n) is 8.61. The molecule has 2 aliphatic heterocycles. The van der Waals surface area contributed by atoms with Crippen LogP contribution in [0.2, 0.25) is 0 Å². The van der Waals surface area contributed by atoms with Crippen LogP contribution < -0.4 is 14.2 Å². The third kappa shape index (κ3) is 2.83. The van der Waals surface area contributed by atoms with Crippen LogP contribution >= 0.6 is 0 Å². The molecular weight excluding hydrogens is 318 g/mol. The van der Waals surface area contributed by atoms with Crippen LogP contribution in [0.4, 0.5) is 0 Å². The lowest BCUT2D eigenvalue weighted by Gasteiger charge is -2.37. The second-order valence-corrected chi connectivity index (χ2v) is 6.62. The van der Waals surface area contributed by atoms with Crippen molar-refractivity contribution in [3.8, 4) is 17.2 Å². The van der Waals surface area contributed by atoms with E-state index in [9.17, 15) is 5.11 Å². The Balaban J connectivity index is 1.72. The summed E-state index contributed by atoms with van der Waals surface area (Å²) < 4.78 is 16.9. The van der Waals surface area contributed by atoms with Gasteiger partial charge in [-0.3, -0.25) is 4.90 Å². The molecule has 5 nitrogen and oxygen atoms in total. The molecule has 0 fully saturated rings. The van der Waals surface area contributed by atoms with E-state index in [1.807, 2.05) is 30.3 Å². The van der Waals surface area contributed by atoms with E-state index >= 15 is 0 Å². The van der Waals surface area contributed by atoms with Gasteiger partial charge < -0.3 is 19.3 Å². The van der Waals surface area contributed by atoms with Crippen molar-refractivity contribution in [2.45, 2.75) is 25.0 Å². The molecule has 0 spiro atoms. The Morgan fingerprint density at radius 1 is 1.28 bits per heavy atom. The number of aliphatic hydroxyl groups excluding tert-OH is 1. The number of nitrogens with zero attached hydrogens (tertiary/aromatic N) is 1. The topological polar surface area (TPSA) is 51.2 Å². The van der Waals surface area contributed by atoms with Crippen molar-refractivity contribution in [2.24, 2.45) is 0 Å². The van der Waals surface area contributed by atoms with Gasteiger partial charge in [0.15, 0.2) is 11.5 Å². The maximum atomic E-state index is 10.7. The SMILES string of the molecule is COc1c2c(cc3c1[C@H](C[C@H](O)c1ccccc1)N(C)CC3)OCO2. The van der Waals surface area contributed by atoms with E-state index in [2.05, 4.69) is 18.0 Å². The number of likely N-dealkylation sites (N-methyl/N-ethyl adjacent to an activating group) is 1. The molecule has 0 saturated heterocycles. The number of methoxy groups -OCH3 is 1. The second kappa shape index (κ2) is 6.58. The first-order chi connectivity index (χ1) is 12.2. The Morgan fingerprint density at radius 3 is 2.84 bits per heavy atom. The van der Waals surface area contributed by atoms with Gasteiger partial charge in [-0.2, -0.15) is 0 Å². The highest BCUT2D eigenvalue weighted by molar-refractivity contribution is 5.61. The maximum absolute atomic E-state index is 10.7. The fraction of sp³-hybridized carbons (Fsp3) is 0.400. The van der Waals surface area contributed by atoms with Gasteiger partial charge in [-0.15, -0.1) is 0 Å². The van der Waals surface area contributed by atoms with E-state index in [4.69, 9.17) is 14.2 Å². The molecule has 0 radical (unpaired) electrons. The molecule has 2 heterocycles. The van der Waals surface area contributed by atoms with Crippen LogP contribution in [0, 0.1) is 0 Å². The fourth-order valence-electron chi connectivity index (χ4n) is 3.85. The van der Waals surface area contributed by atoms with Crippen LogP contribution in [0.5, 0.6) is 17.2 Å². The molecule has 25 heavy (non-hydrogen) atoms. The second-order valence-electron chi connectivity index (χ2n) is 6.62. The molecule has 0 aromatic heterocycles. The van der Waals surface area contributed by atoms with Gasteiger partial charge in [0.1, 0.15) is 0 Å². The molecule has 2 aromatic rings. The fourth-order valence-corrected chi connectivity index (χ4v) is 3.85. The number of ether oxygens (including phenoxy) is 3. The summed E-state index contributed by atoms with van der Waals surface area (Å²) in [7, 11) is 3.76. The number of hydrogen-bond acceptors (Lipinski definition) is 5. The minimum atomic E-state index is -0.533. The molecule has 4 rings (SSSR count). The molecule has 0 bridgehead atoms. The Labute approximate surface area is 147 Å². The predicted molar refractivity (Wildman–Crippen MR) is 94.2 cm³/mol.